The second-order valence-electron chi connectivity index (χ2n) is 5.70. The van der Waals surface area contributed by atoms with Crippen LogP contribution in [0.5, 0.6) is 0 Å². The summed E-state index contributed by atoms with van der Waals surface area (Å²) in [6.45, 7) is 0.782. The van der Waals surface area contributed by atoms with Gasteiger partial charge in [-0.2, -0.15) is 11.8 Å². The van der Waals surface area contributed by atoms with E-state index in [9.17, 15) is 5.11 Å². The number of benzene rings is 1. The maximum atomic E-state index is 10.8. The van der Waals surface area contributed by atoms with Gasteiger partial charge >= 0.3 is 0 Å². The number of halogens is 2. The third-order valence-electron chi connectivity index (χ3n) is 4.32. The number of aliphatic hydroxyl groups is 1. The van der Waals surface area contributed by atoms with E-state index >= 15 is 0 Å². The maximum absolute atomic E-state index is 10.8. The molecule has 1 aromatic carbocycles. The Hall–Kier alpha value is 0.700. The summed E-state index contributed by atoms with van der Waals surface area (Å²) in [6.07, 6.45) is 2.67. The van der Waals surface area contributed by atoms with Crippen molar-refractivity contribution >= 4 is 50.3 Å². The lowest BCUT2D eigenvalue weighted by Gasteiger charge is -2.39. The van der Waals surface area contributed by atoms with Crippen LogP contribution in [0.25, 0.3) is 0 Å². The van der Waals surface area contributed by atoms with Gasteiger partial charge in [0.15, 0.2) is 0 Å². The van der Waals surface area contributed by atoms with Crippen LogP contribution < -0.4 is 0 Å². The molecule has 5 heteroatoms. The Kier molecular flexibility index (Phi) is 5.02. The van der Waals surface area contributed by atoms with Gasteiger partial charge < -0.3 is 9.84 Å². The molecular formula is C15H18BrIO2S. The minimum absolute atomic E-state index is 0.0307. The minimum atomic E-state index is -0.398. The van der Waals surface area contributed by atoms with E-state index in [0.29, 0.717) is 5.92 Å². The molecule has 2 nitrogen and oxygen atoms in total. The number of hydrogen-bond acceptors (Lipinski definition) is 3. The third-order valence-corrected chi connectivity index (χ3v) is 6.94. The Morgan fingerprint density at radius 3 is 3.10 bits per heavy atom. The molecule has 2 heterocycles. The van der Waals surface area contributed by atoms with Gasteiger partial charge in [-0.25, -0.2) is 0 Å². The van der Waals surface area contributed by atoms with E-state index in [2.05, 4.69) is 50.7 Å². The number of aliphatic hydroxyl groups excluding tert-OH is 1. The van der Waals surface area contributed by atoms with E-state index in [1.165, 1.54) is 5.75 Å². The van der Waals surface area contributed by atoms with Gasteiger partial charge in [-0.3, -0.25) is 0 Å². The average molecular weight is 469 g/mol. The summed E-state index contributed by atoms with van der Waals surface area (Å²) in [5.41, 5.74) is 1.05. The molecule has 1 aromatic rings. The van der Waals surface area contributed by atoms with Crippen molar-refractivity contribution in [2.24, 2.45) is 5.92 Å². The van der Waals surface area contributed by atoms with E-state index < -0.39 is 6.10 Å². The zero-order valence-electron chi connectivity index (χ0n) is 11.1. The van der Waals surface area contributed by atoms with Crippen LogP contribution in [-0.2, 0) is 4.74 Å². The van der Waals surface area contributed by atoms with Crippen LogP contribution in [0.15, 0.2) is 22.7 Å². The normalized spacial score (nSPS) is 31.6. The number of thioether (sulfide) groups is 1. The van der Waals surface area contributed by atoms with Gasteiger partial charge in [-0.05, 0) is 77.3 Å². The summed E-state index contributed by atoms with van der Waals surface area (Å²) in [5, 5.41) is 10.8. The van der Waals surface area contributed by atoms with Crippen LogP contribution in [0.1, 0.15) is 30.9 Å². The fourth-order valence-corrected chi connectivity index (χ4v) is 5.57. The molecule has 1 spiro atoms. The highest BCUT2D eigenvalue weighted by molar-refractivity contribution is 14.1. The van der Waals surface area contributed by atoms with Crippen LogP contribution in [0.3, 0.4) is 0 Å². The van der Waals surface area contributed by atoms with Crippen molar-refractivity contribution in [1.29, 1.82) is 0 Å². The molecule has 0 amide bonds. The van der Waals surface area contributed by atoms with E-state index in [4.69, 9.17) is 4.74 Å². The number of rotatable bonds is 2. The molecule has 2 aliphatic heterocycles. The summed E-state index contributed by atoms with van der Waals surface area (Å²) >= 11 is 7.85. The molecular weight excluding hydrogens is 451 g/mol. The van der Waals surface area contributed by atoms with Crippen molar-refractivity contribution in [3.63, 3.8) is 0 Å². The first-order valence-electron chi connectivity index (χ1n) is 6.94. The molecule has 1 N–H and O–H groups in total. The fraction of sp³-hybridized carbons (Fsp3) is 0.600. The summed E-state index contributed by atoms with van der Waals surface area (Å²) in [6, 6.07) is 6.17. The van der Waals surface area contributed by atoms with Crippen molar-refractivity contribution in [3.8, 4) is 0 Å². The molecule has 3 unspecified atom stereocenters. The van der Waals surface area contributed by atoms with Crippen molar-refractivity contribution in [2.75, 3.05) is 18.1 Å². The van der Waals surface area contributed by atoms with Gasteiger partial charge in [0, 0.05) is 20.4 Å². The van der Waals surface area contributed by atoms with Gasteiger partial charge in [0.05, 0.1) is 11.7 Å². The van der Waals surface area contributed by atoms with Crippen LogP contribution in [0, 0.1) is 9.49 Å². The zero-order valence-corrected chi connectivity index (χ0v) is 15.7. The maximum Gasteiger partial charge on any atom is 0.0831 e. The first-order chi connectivity index (χ1) is 9.60. The third kappa shape index (κ3) is 3.21. The molecule has 3 atom stereocenters. The molecule has 0 radical (unpaired) electrons. The highest BCUT2D eigenvalue weighted by atomic mass is 127. The fourth-order valence-electron chi connectivity index (χ4n) is 3.19. The lowest BCUT2D eigenvalue weighted by Crippen LogP contribution is -2.41. The lowest BCUT2D eigenvalue weighted by atomic mass is 9.80. The van der Waals surface area contributed by atoms with E-state index in [-0.39, 0.29) is 5.60 Å². The van der Waals surface area contributed by atoms with Crippen molar-refractivity contribution in [3.05, 3.63) is 31.8 Å². The topological polar surface area (TPSA) is 29.5 Å². The molecule has 20 heavy (non-hydrogen) atoms. The van der Waals surface area contributed by atoms with Gasteiger partial charge in [0.2, 0.25) is 0 Å². The van der Waals surface area contributed by atoms with E-state index in [1.807, 2.05) is 17.8 Å². The quantitative estimate of drug-likeness (QED) is 0.652. The van der Waals surface area contributed by atoms with Crippen LogP contribution in [0.4, 0.5) is 0 Å². The van der Waals surface area contributed by atoms with E-state index in [1.54, 1.807) is 0 Å². The molecule has 2 fully saturated rings. The minimum Gasteiger partial charge on any atom is -0.388 e. The molecule has 110 valence electrons. The highest BCUT2D eigenvalue weighted by Crippen LogP contribution is 2.44. The second kappa shape index (κ2) is 6.44. The summed E-state index contributed by atoms with van der Waals surface area (Å²) in [5.74, 6) is 2.58. The Morgan fingerprint density at radius 2 is 2.35 bits per heavy atom. The first kappa shape index (κ1) is 15.6. The molecule has 0 saturated carbocycles. The largest absolute Gasteiger partial charge is 0.388 e. The number of hydrogen-bond donors (Lipinski definition) is 1. The molecule has 3 rings (SSSR count). The Balaban J connectivity index is 1.79. The molecule has 2 saturated heterocycles. The first-order valence-corrected chi connectivity index (χ1v) is 9.97. The molecule has 0 aliphatic carbocycles. The van der Waals surface area contributed by atoms with Crippen LogP contribution in [0.2, 0.25) is 0 Å². The van der Waals surface area contributed by atoms with Crippen molar-refractivity contribution in [1.82, 2.24) is 0 Å². The van der Waals surface area contributed by atoms with Crippen LogP contribution >= 0.6 is 50.3 Å². The summed E-state index contributed by atoms with van der Waals surface area (Å²) < 4.78 is 8.22. The van der Waals surface area contributed by atoms with Crippen molar-refractivity contribution < 1.29 is 9.84 Å². The summed E-state index contributed by atoms with van der Waals surface area (Å²) in [4.78, 5) is 0. The SMILES string of the molecule is OC(c1cc(I)ccc1Br)C1CCOC2(CCSC2)C1. The average Bonchev–Trinajstić information content (AvgIpc) is 2.88. The zero-order chi connectivity index (χ0) is 14.2. The Labute approximate surface area is 146 Å². The molecule has 0 bridgehead atoms. The van der Waals surface area contributed by atoms with Gasteiger partial charge in [0.25, 0.3) is 0 Å². The lowest BCUT2D eigenvalue weighted by molar-refractivity contribution is -0.102. The smallest absolute Gasteiger partial charge is 0.0831 e. The highest BCUT2D eigenvalue weighted by Gasteiger charge is 2.42. The second-order valence-corrected chi connectivity index (χ2v) is 8.90. The van der Waals surface area contributed by atoms with E-state index in [0.717, 1.165) is 45.2 Å². The standard InChI is InChI=1S/C15H18BrIO2S/c16-13-2-1-11(17)7-12(13)14(18)10-3-5-19-15(8-10)4-6-20-9-15/h1-2,7,10,14,18H,3-6,8-9H2. The van der Waals surface area contributed by atoms with Gasteiger partial charge in [-0.15, -0.1) is 0 Å². The van der Waals surface area contributed by atoms with Gasteiger partial charge in [-0.1, -0.05) is 15.9 Å². The molecule has 2 aliphatic rings. The van der Waals surface area contributed by atoms with Crippen LogP contribution in [-0.4, -0.2) is 28.8 Å². The van der Waals surface area contributed by atoms with Gasteiger partial charge in [0.1, 0.15) is 0 Å². The predicted octanol–water partition coefficient (Wildman–Crippen LogP) is 4.39. The summed E-state index contributed by atoms with van der Waals surface area (Å²) in [7, 11) is 0. The Morgan fingerprint density at radius 1 is 1.50 bits per heavy atom. The number of ether oxygens (including phenoxy) is 1. The van der Waals surface area contributed by atoms with Crippen molar-refractivity contribution in [2.45, 2.75) is 31.0 Å². The monoisotopic (exact) mass is 468 g/mol. The Bertz CT molecular complexity index is 491. The predicted molar refractivity (Wildman–Crippen MR) is 95.2 cm³/mol. The molecule has 0 aromatic heterocycles.